The maximum atomic E-state index is 14.0. The molecule has 0 fully saturated rings. The smallest absolute Gasteiger partial charge is 0.419 e. The predicted molar refractivity (Wildman–Crippen MR) is 121 cm³/mol. The van der Waals surface area contributed by atoms with Gasteiger partial charge in [0.25, 0.3) is 0 Å². The number of nitrogens with two attached hydrogens (primary N) is 1. The number of nitriles is 1. The molecule has 0 aliphatic heterocycles. The first-order valence-corrected chi connectivity index (χ1v) is 10.5. The van der Waals surface area contributed by atoms with E-state index in [4.69, 9.17) is 20.5 Å². The number of hydrogen-bond donors (Lipinski definition) is 1. The second-order valence-corrected chi connectivity index (χ2v) is 8.67. The number of benzene rings is 2. The van der Waals surface area contributed by atoms with Gasteiger partial charge in [-0.2, -0.15) is 18.4 Å². The Hall–Kier alpha value is -3.80. The van der Waals surface area contributed by atoms with E-state index in [1.165, 1.54) is 18.3 Å². The van der Waals surface area contributed by atoms with Crippen LogP contribution in [-0.2, 0) is 10.9 Å². The fourth-order valence-electron chi connectivity index (χ4n) is 3.98. The van der Waals surface area contributed by atoms with Crippen LogP contribution in [0.25, 0.3) is 22.0 Å². The lowest BCUT2D eigenvalue weighted by atomic mass is 9.94. The highest BCUT2D eigenvalue weighted by Gasteiger charge is 2.37. The third-order valence-electron chi connectivity index (χ3n) is 5.19. The molecular weight excluding hydrogens is 447 g/mol. The summed E-state index contributed by atoms with van der Waals surface area (Å²) in [6.45, 7) is 5.04. The number of rotatable bonds is 7. The number of ether oxygens (including phenoxy) is 2. The minimum Gasteiger partial charge on any atom is -0.489 e. The largest absolute Gasteiger partial charge is 0.489 e. The highest BCUT2D eigenvalue weighted by molar-refractivity contribution is 5.95. The van der Waals surface area contributed by atoms with Gasteiger partial charge in [-0.25, -0.2) is 4.79 Å². The zero-order valence-corrected chi connectivity index (χ0v) is 18.9. The first-order chi connectivity index (χ1) is 15.9. The summed E-state index contributed by atoms with van der Waals surface area (Å²) in [4.78, 5) is 15.5. The summed E-state index contributed by atoms with van der Waals surface area (Å²) < 4.78 is 52.6. The molecule has 3 rings (SSSR count). The molecule has 1 unspecified atom stereocenters. The third kappa shape index (κ3) is 5.76. The number of nitrogens with zero attached hydrogens (tertiary/aromatic N) is 2. The van der Waals surface area contributed by atoms with E-state index in [0.717, 1.165) is 6.07 Å². The molecule has 0 bridgehead atoms. The van der Waals surface area contributed by atoms with Crippen LogP contribution in [0.2, 0.25) is 0 Å². The van der Waals surface area contributed by atoms with Gasteiger partial charge in [0.05, 0.1) is 22.7 Å². The van der Waals surface area contributed by atoms with E-state index in [2.05, 4.69) is 4.98 Å². The quantitative estimate of drug-likeness (QED) is 0.451. The van der Waals surface area contributed by atoms with Crippen molar-refractivity contribution in [3.05, 3.63) is 59.8 Å². The molecule has 3 aromatic rings. The predicted octanol–water partition coefficient (Wildman–Crippen LogP) is 6.07. The standard InChI is InChI=1S/C25H24F3N3O3/c1-15(2)12-24(3,34-23(30)32)14-33-22-7-5-17(11-20(22)25(26,27)28)18-8-9-31-21-10-16(13-29)4-6-19(18)21/h4-11,15H,12,14H2,1-3H3,(H2,30,32). The molecule has 1 heterocycles. The van der Waals surface area contributed by atoms with Crippen molar-refractivity contribution in [3.63, 3.8) is 0 Å². The second kappa shape index (κ2) is 9.59. The van der Waals surface area contributed by atoms with Gasteiger partial charge < -0.3 is 15.2 Å². The summed E-state index contributed by atoms with van der Waals surface area (Å²) in [6.07, 6.45) is -3.89. The molecule has 0 radical (unpaired) electrons. The molecule has 9 heteroatoms. The van der Waals surface area contributed by atoms with Gasteiger partial charge in [-0.15, -0.1) is 0 Å². The molecule has 1 aromatic heterocycles. The Kier molecular flexibility index (Phi) is 7.01. The minimum absolute atomic E-state index is 0.0823. The van der Waals surface area contributed by atoms with E-state index in [1.807, 2.05) is 19.9 Å². The Morgan fingerprint density at radius 3 is 2.53 bits per heavy atom. The molecule has 2 N–H and O–H groups in total. The summed E-state index contributed by atoms with van der Waals surface area (Å²) in [5.74, 6) is -0.302. The monoisotopic (exact) mass is 471 g/mol. The molecule has 0 aliphatic carbocycles. The van der Waals surface area contributed by atoms with Gasteiger partial charge in [-0.3, -0.25) is 4.98 Å². The number of hydrogen-bond acceptors (Lipinski definition) is 5. The van der Waals surface area contributed by atoms with Crippen molar-refractivity contribution < 1.29 is 27.4 Å². The zero-order valence-electron chi connectivity index (χ0n) is 18.9. The van der Waals surface area contributed by atoms with Crippen LogP contribution in [-0.4, -0.2) is 23.3 Å². The molecule has 2 aromatic carbocycles. The van der Waals surface area contributed by atoms with Crippen molar-refractivity contribution in [1.29, 1.82) is 5.26 Å². The molecule has 178 valence electrons. The third-order valence-corrected chi connectivity index (χ3v) is 5.19. The van der Waals surface area contributed by atoms with Gasteiger partial charge in [-0.05, 0) is 60.7 Å². The van der Waals surface area contributed by atoms with Crippen LogP contribution in [0.15, 0.2) is 48.7 Å². The summed E-state index contributed by atoms with van der Waals surface area (Å²) in [5, 5.41) is 9.71. The first kappa shape index (κ1) is 24.8. The Labute approximate surface area is 195 Å². The number of aromatic nitrogens is 1. The van der Waals surface area contributed by atoms with Crippen molar-refractivity contribution in [2.75, 3.05) is 6.61 Å². The number of carbonyl (C=O) groups is 1. The summed E-state index contributed by atoms with van der Waals surface area (Å²) in [5.41, 5.74) is 4.75. The van der Waals surface area contributed by atoms with E-state index >= 15 is 0 Å². The van der Waals surface area contributed by atoms with Crippen LogP contribution >= 0.6 is 0 Å². The van der Waals surface area contributed by atoms with Crippen molar-refractivity contribution in [2.24, 2.45) is 11.7 Å². The number of halogens is 3. The van der Waals surface area contributed by atoms with Gasteiger partial charge in [0.2, 0.25) is 0 Å². The number of pyridine rings is 1. The van der Waals surface area contributed by atoms with E-state index in [0.29, 0.717) is 34.0 Å². The molecule has 34 heavy (non-hydrogen) atoms. The summed E-state index contributed by atoms with van der Waals surface area (Å²) in [7, 11) is 0. The lowest BCUT2D eigenvalue weighted by Gasteiger charge is -2.30. The van der Waals surface area contributed by atoms with E-state index in [9.17, 15) is 18.0 Å². The molecular formula is C25H24F3N3O3. The second-order valence-electron chi connectivity index (χ2n) is 8.67. The summed E-state index contributed by atoms with van der Waals surface area (Å²) in [6, 6.07) is 12.2. The van der Waals surface area contributed by atoms with Gasteiger partial charge in [0, 0.05) is 11.6 Å². The van der Waals surface area contributed by atoms with E-state index < -0.39 is 23.4 Å². The van der Waals surface area contributed by atoms with Crippen LogP contribution in [0.4, 0.5) is 18.0 Å². The molecule has 0 saturated carbocycles. The van der Waals surface area contributed by atoms with Crippen LogP contribution in [0.5, 0.6) is 5.75 Å². The van der Waals surface area contributed by atoms with Gasteiger partial charge in [0.1, 0.15) is 18.0 Å². The van der Waals surface area contributed by atoms with Crippen molar-refractivity contribution in [3.8, 4) is 22.9 Å². The van der Waals surface area contributed by atoms with Gasteiger partial charge in [-0.1, -0.05) is 26.0 Å². The van der Waals surface area contributed by atoms with Crippen molar-refractivity contribution >= 4 is 17.0 Å². The Morgan fingerprint density at radius 1 is 1.18 bits per heavy atom. The average Bonchev–Trinajstić information content (AvgIpc) is 2.75. The van der Waals surface area contributed by atoms with Crippen molar-refractivity contribution in [2.45, 2.75) is 39.0 Å². The fraction of sp³-hybridized carbons (Fsp3) is 0.320. The number of primary amides is 1. The Bertz CT molecular complexity index is 1250. The SMILES string of the molecule is CC(C)CC(C)(COc1ccc(-c2ccnc3cc(C#N)ccc23)cc1C(F)(F)F)OC(N)=O. The number of alkyl halides is 3. The van der Waals surface area contributed by atoms with E-state index in [1.54, 1.807) is 31.2 Å². The number of fused-ring (bicyclic) bond motifs is 1. The average molecular weight is 471 g/mol. The van der Waals surface area contributed by atoms with Crippen molar-refractivity contribution in [1.82, 2.24) is 4.98 Å². The Morgan fingerprint density at radius 2 is 1.91 bits per heavy atom. The van der Waals surface area contributed by atoms with Crippen LogP contribution in [0.3, 0.4) is 0 Å². The normalized spacial score (nSPS) is 13.4. The topological polar surface area (TPSA) is 98.2 Å². The summed E-state index contributed by atoms with van der Waals surface area (Å²) >= 11 is 0. The maximum Gasteiger partial charge on any atom is 0.419 e. The first-order valence-electron chi connectivity index (χ1n) is 10.5. The Balaban J connectivity index is 2.01. The van der Waals surface area contributed by atoms with E-state index in [-0.39, 0.29) is 18.3 Å². The molecule has 0 spiro atoms. The lowest BCUT2D eigenvalue weighted by molar-refractivity contribution is -0.139. The number of amides is 1. The highest BCUT2D eigenvalue weighted by atomic mass is 19.4. The molecule has 6 nitrogen and oxygen atoms in total. The highest BCUT2D eigenvalue weighted by Crippen LogP contribution is 2.40. The van der Waals surface area contributed by atoms with Gasteiger partial charge in [0.15, 0.2) is 0 Å². The molecule has 0 saturated heterocycles. The van der Waals surface area contributed by atoms with Crippen LogP contribution < -0.4 is 10.5 Å². The lowest BCUT2D eigenvalue weighted by Crippen LogP contribution is -2.41. The minimum atomic E-state index is -4.69. The number of carbonyl (C=O) groups excluding carboxylic acids is 1. The van der Waals surface area contributed by atoms with Gasteiger partial charge >= 0.3 is 12.3 Å². The van der Waals surface area contributed by atoms with Crippen LogP contribution in [0.1, 0.15) is 38.3 Å². The molecule has 1 amide bonds. The maximum absolute atomic E-state index is 14.0. The van der Waals surface area contributed by atoms with Crippen LogP contribution in [0, 0.1) is 17.2 Å². The molecule has 0 aliphatic rings. The fourth-order valence-corrected chi connectivity index (χ4v) is 3.98. The zero-order chi connectivity index (χ0) is 25.1. The molecule has 1 atom stereocenters.